The van der Waals surface area contributed by atoms with E-state index in [2.05, 4.69) is 6.58 Å². The van der Waals surface area contributed by atoms with Gasteiger partial charge < -0.3 is 9.84 Å². The quantitative estimate of drug-likeness (QED) is 0.516. The second-order valence-corrected chi connectivity index (χ2v) is 2.40. The van der Waals surface area contributed by atoms with Gasteiger partial charge in [0.2, 0.25) is 0 Å². The Balaban J connectivity index is 3.17. The summed E-state index contributed by atoms with van der Waals surface area (Å²) in [6.07, 6.45) is 0. The first kappa shape index (κ1) is 8.72. The molecule has 1 aromatic carbocycles. The summed E-state index contributed by atoms with van der Waals surface area (Å²) in [4.78, 5) is 0. The summed E-state index contributed by atoms with van der Waals surface area (Å²) in [5.74, 6) is 0.598. The van der Waals surface area contributed by atoms with E-state index in [9.17, 15) is 0 Å². The fourth-order valence-corrected chi connectivity index (χ4v) is 0.912. The largest absolute Gasteiger partial charge is 0.508 e. The van der Waals surface area contributed by atoms with E-state index in [1.54, 1.807) is 25.3 Å². The zero-order valence-corrected chi connectivity index (χ0v) is 6.87. The zero-order chi connectivity index (χ0) is 9.14. The monoisotopic (exact) mass is 160 g/mol. The lowest BCUT2D eigenvalue weighted by atomic mass is 9.90. The van der Waals surface area contributed by atoms with Crippen LogP contribution in [0.25, 0.3) is 5.76 Å². The molecule has 2 radical (unpaired) electrons. The molecule has 60 valence electrons. The molecule has 3 heteroatoms. The average molecular weight is 160 g/mol. The Morgan fingerprint density at radius 1 is 1.58 bits per heavy atom. The second-order valence-electron chi connectivity index (χ2n) is 2.40. The Kier molecular flexibility index (Phi) is 2.43. The summed E-state index contributed by atoms with van der Waals surface area (Å²) < 4.78 is 4.95. The molecule has 12 heavy (non-hydrogen) atoms. The molecular formula is C9H9BO2. The summed E-state index contributed by atoms with van der Waals surface area (Å²) in [5, 5.41) is 9.09. The minimum absolute atomic E-state index is 0.0496. The van der Waals surface area contributed by atoms with E-state index in [4.69, 9.17) is 17.7 Å². The average Bonchev–Trinajstić information content (AvgIpc) is 2.05. The minimum atomic E-state index is -0.0496. The maximum atomic E-state index is 9.09. The molecule has 0 aliphatic heterocycles. The van der Waals surface area contributed by atoms with Crippen LogP contribution >= 0.6 is 0 Å². The predicted molar refractivity (Wildman–Crippen MR) is 50.0 cm³/mol. The van der Waals surface area contributed by atoms with E-state index in [1.165, 1.54) is 0 Å². The molecule has 0 saturated carbocycles. The second kappa shape index (κ2) is 3.35. The summed E-state index contributed by atoms with van der Waals surface area (Å²) >= 11 is 0. The number of ether oxygens (including phenoxy) is 1. The fourth-order valence-electron chi connectivity index (χ4n) is 0.912. The van der Waals surface area contributed by atoms with Crippen molar-refractivity contribution in [2.24, 2.45) is 0 Å². The highest BCUT2D eigenvalue weighted by atomic mass is 16.5. The van der Waals surface area contributed by atoms with Crippen LogP contribution in [0.4, 0.5) is 0 Å². The number of methoxy groups -OCH3 is 1. The highest BCUT2D eigenvalue weighted by Crippen LogP contribution is 2.14. The van der Waals surface area contributed by atoms with Gasteiger partial charge in [-0.1, -0.05) is 18.1 Å². The third-order valence-corrected chi connectivity index (χ3v) is 1.57. The molecule has 0 spiro atoms. The van der Waals surface area contributed by atoms with Gasteiger partial charge in [0.1, 0.15) is 19.4 Å². The Morgan fingerprint density at radius 2 is 2.25 bits per heavy atom. The van der Waals surface area contributed by atoms with Crippen molar-refractivity contribution in [1.82, 2.24) is 0 Å². The van der Waals surface area contributed by atoms with E-state index < -0.39 is 0 Å². The number of rotatable bonds is 2. The van der Waals surface area contributed by atoms with E-state index in [-0.39, 0.29) is 5.76 Å². The van der Waals surface area contributed by atoms with Crippen LogP contribution in [0.5, 0.6) is 5.75 Å². The summed E-state index contributed by atoms with van der Waals surface area (Å²) in [5.41, 5.74) is 0.998. The maximum Gasteiger partial charge on any atom is 0.119 e. The maximum absolute atomic E-state index is 9.09. The molecule has 0 aromatic heterocycles. The Bertz CT molecular complexity index is 307. The lowest BCUT2D eigenvalue weighted by Crippen LogP contribution is -2.08. The highest BCUT2D eigenvalue weighted by molar-refractivity contribution is 6.34. The van der Waals surface area contributed by atoms with Crippen LogP contribution in [-0.4, -0.2) is 20.1 Å². The first-order chi connectivity index (χ1) is 5.65. The molecule has 0 atom stereocenters. The first-order valence-electron chi connectivity index (χ1n) is 3.47. The highest BCUT2D eigenvalue weighted by Gasteiger charge is 2.01. The van der Waals surface area contributed by atoms with Crippen LogP contribution in [0.1, 0.15) is 5.56 Å². The molecule has 2 nitrogen and oxygen atoms in total. The molecule has 0 aliphatic rings. The first-order valence-corrected chi connectivity index (χ1v) is 3.47. The third-order valence-electron chi connectivity index (χ3n) is 1.57. The van der Waals surface area contributed by atoms with Crippen LogP contribution in [0.2, 0.25) is 0 Å². The Hall–Kier alpha value is -1.38. The summed E-state index contributed by atoms with van der Waals surface area (Å²) in [6.45, 7) is 3.38. The summed E-state index contributed by atoms with van der Waals surface area (Å²) in [6, 6.07) is 5.02. The zero-order valence-electron chi connectivity index (χ0n) is 6.87. The van der Waals surface area contributed by atoms with Crippen molar-refractivity contribution in [3.8, 4) is 5.75 Å². The molecule has 0 saturated heterocycles. The molecule has 0 aliphatic carbocycles. The Labute approximate surface area is 72.9 Å². The van der Waals surface area contributed by atoms with Gasteiger partial charge in [-0.25, -0.2) is 0 Å². The van der Waals surface area contributed by atoms with Crippen molar-refractivity contribution in [3.63, 3.8) is 0 Å². The van der Waals surface area contributed by atoms with E-state index in [1.807, 2.05) is 0 Å². The van der Waals surface area contributed by atoms with Gasteiger partial charge in [0.15, 0.2) is 0 Å². The van der Waals surface area contributed by atoms with Crippen molar-refractivity contribution in [2.75, 3.05) is 7.11 Å². The number of hydrogen-bond donors (Lipinski definition) is 1. The van der Waals surface area contributed by atoms with Crippen molar-refractivity contribution >= 4 is 19.1 Å². The van der Waals surface area contributed by atoms with Gasteiger partial charge in [0.25, 0.3) is 0 Å². The van der Waals surface area contributed by atoms with Crippen molar-refractivity contribution < 1.29 is 9.84 Å². The van der Waals surface area contributed by atoms with E-state index >= 15 is 0 Å². The van der Waals surface area contributed by atoms with Gasteiger partial charge in [-0.05, 0) is 12.1 Å². The number of aliphatic hydroxyl groups is 1. The molecule has 1 N–H and O–H groups in total. The smallest absolute Gasteiger partial charge is 0.119 e. The lowest BCUT2D eigenvalue weighted by molar-refractivity contribution is 0.414. The number of benzene rings is 1. The van der Waals surface area contributed by atoms with Gasteiger partial charge in [0.05, 0.1) is 7.11 Å². The van der Waals surface area contributed by atoms with Gasteiger partial charge in [0, 0.05) is 5.56 Å². The van der Waals surface area contributed by atoms with Gasteiger partial charge in [-0.3, -0.25) is 0 Å². The van der Waals surface area contributed by atoms with Crippen LogP contribution < -0.4 is 10.2 Å². The standard InChI is InChI=1S/C9H9BO2/c1-6(11)8-5-7(12-2)3-4-9(8)10/h3-5,11H,1H2,2H3. The van der Waals surface area contributed by atoms with Crippen LogP contribution in [-0.2, 0) is 0 Å². The predicted octanol–water partition coefficient (Wildman–Crippen LogP) is 1.02. The van der Waals surface area contributed by atoms with Crippen LogP contribution in [0.15, 0.2) is 24.8 Å². The molecule has 1 rings (SSSR count). The number of hydrogen-bond acceptors (Lipinski definition) is 2. The van der Waals surface area contributed by atoms with Crippen molar-refractivity contribution in [2.45, 2.75) is 0 Å². The van der Waals surface area contributed by atoms with Crippen LogP contribution in [0, 0.1) is 0 Å². The SMILES string of the molecule is [B]c1ccc(OC)cc1C(=C)O. The van der Waals surface area contributed by atoms with Gasteiger partial charge >= 0.3 is 0 Å². The van der Waals surface area contributed by atoms with Crippen molar-refractivity contribution in [1.29, 1.82) is 0 Å². The number of aliphatic hydroxyl groups excluding tert-OH is 1. The molecule has 0 bridgehead atoms. The topological polar surface area (TPSA) is 29.5 Å². The molecule has 0 unspecified atom stereocenters. The Morgan fingerprint density at radius 3 is 2.75 bits per heavy atom. The van der Waals surface area contributed by atoms with Crippen LogP contribution in [0.3, 0.4) is 0 Å². The van der Waals surface area contributed by atoms with Gasteiger partial charge in [-0.15, -0.1) is 0 Å². The fraction of sp³-hybridized carbons (Fsp3) is 0.111. The van der Waals surface area contributed by atoms with Crippen molar-refractivity contribution in [3.05, 3.63) is 30.3 Å². The lowest BCUT2D eigenvalue weighted by Gasteiger charge is -2.06. The minimum Gasteiger partial charge on any atom is -0.508 e. The molecule has 0 heterocycles. The van der Waals surface area contributed by atoms with E-state index in [0.29, 0.717) is 16.8 Å². The molecule has 0 fully saturated rings. The summed E-state index contributed by atoms with van der Waals surface area (Å²) in [7, 11) is 7.12. The molecule has 0 amide bonds. The van der Waals surface area contributed by atoms with Gasteiger partial charge in [-0.2, -0.15) is 0 Å². The van der Waals surface area contributed by atoms with E-state index in [0.717, 1.165) is 0 Å². The molecule has 1 aromatic rings. The normalized spacial score (nSPS) is 9.42. The molecular weight excluding hydrogens is 151 g/mol. The third kappa shape index (κ3) is 1.61.